The lowest BCUT2D eigenvalue weighted by Crippen LogP contribution is -1.89. The van der Waals surface area contributed by atoms with Gasteiger partial charge in [0.15, 0.2) is 0 Å². The van der Waals surface area contributed by atoms with E-state index in [1.54, 1.807) is 0 Å². The Morgan fingerprint density at radius 1 is 0.636 bits per heavy atom. The molecule has 2 heteroatoms. The van der Waals surface area contributed by atoms with Crippen molar-refractivity contribution in [3.8, 4) is 11.1 Å². The quantitative estimate of drug-likeness (QED) is 0.381. The summed E-state index contributed by atoms with van der Waals surface area (Å²) in [6.07, 6.45) is 0. The van der Waals surface area contributed by atoms with Crippen LogP contribution in [0.3, 0.4) is 0 Å². The first-order chi connectivity index (χ1) is 10.7. The molecule has 4 aromatic carbocycles. The largest absolute Gasteiger partial charge is 0.207 e. The Morgan fingerprint density at radius 2 is 1.36 bits per heavy atom. The molecule has 0 nitrogen and oxygen atoms in total. The first kappa shape index (κ1) is 13.0. The molecule has 0 spiro atoms. The van der Waals surface area contributed by atoms with Gasteiger partial charge >= 0.3 is 0 Å². The van der Waals surface area contributed by atoms with E-state index in [0.717, 1.165) is 28.0 Å². The first-order valence-corrected chi connectivity index (χ1v) is 7.10. The predicted molar refractivity (Wildman–Crippen MR) is 86.8 cm³/mol. The second kappa shape index (κ2) is 4.92. The van der Waals surface area contributed by atoms with Gasteiger partial charge in [-0.3, -0.25) is 0 Å². The van der Waals surface area contributed by atoms with Gasteiger partial charge in [0, 0.05) is 11.5 Å². The van der Waals surface area contributed by atoms with Crippen molar-refractivity contribution in [3.63, 3.8) is 0 Å². The Labute approximate surface area is 126 Å². The fourth-order valence-electron chi connectivity index (χ4n) is 3.00. The fraction of sp³-hybridized carbons (Fsp3) is 0. The first-order valence-electron chi connectivity index (χ1n) is 7.10. The minimum atomic E-state index is -0.558. The minimum absolute atomic E-state index is 0.471. The molecule has 0 amide bonds. The van der Waals surface area contributed by atoms with E-state index in [4.69, 9.17) is 0 Å². The maximum atomic E-state index is 14.4. The van der Waals surface area contributed by atoms with Crippen LogP contribution in [0.4, 0.5) is 8.78 Å². The van der Waals surface area contributed by atoms with Gasteiger partial charge in [-0.1, -0.05) is 54.6 Å². The molecular formula is C20H12F2. The highest BCUT2D eigenvalue weighted by molar-refractivity contribution is 6.14. The van der Waals surface area contributed by atoms with Crippen LogP contribution in [0.25, 0.3) is 32.7 Å². The third-order valence-electron chi connectivity index (χ3n) is 3.96. The summed E-state index contributed by atoms with van der Waals surface area (Å²) >= 11 is 0. The van der Waals surface area contributed by atoms with E-state index in [1.165, 1.54) is 6.07 Å². The molecule has 106 valence electrons. The van der Waals surface area contributed by atoms with Gasteiger partial charge in [0.05, 0.1) is 0 Å². The SMILES string of the molecule is Fc1cc(F)c2c(c1)c(-c1ccccc1)cc1ccccc12. The Kier molecular flexibility index (Phi) is 2.90. The van der Waals surface area contributed by atoms with Crippen LogP contribution in [0.5, 0.6) is 0 Å². The van der Waals surface area contributed by atoms with E-state index in [0.29, 0.717) is 10.8 Å². The van der Waals surface area contributed by atoms with Crippen LogP contribution in [0.1, 0.15) is 0 Å². The van der Waals surface area contributed by atoms with Gasteiger partial charge in [-0.2, -0.15) is 0 Å². The van der Waals surface area contributed by atoms with E-state index >= 15 is 0 Å². The zero-order chi connectivity index (χ0) is 15.1. The van der Waals surface area contributed by atoms with E-state index in [9.17, 15) is 8.78 Å². The van der Waals surface area contributed by atoms with Gasteiger partial charge in [-0.05, 0) is 39.4 Å². The molecule has 4 rings (SSSR count). The number of rotatable bonds is 1. The summed E-state index contributed by atoms with van der Waals surface area (Å²) in [5.74, 6) is -1.08. The second-order valence-corrected chi connectivity index (χ2v) is 5.32. The van der Waals surface area contributed by atoms with Gasteiger partial charge in [0.2, 0.25) is 0 Å². The number of hydrogen-bond donors (Lipinski definition) is 0. The molecule has 0 heterocycles. The summed E-state index contributed by atoms with van der Waals surface area (Å²) in [6.45, 7) is 0. The molecule has 0 unspecified atom stereocenters. The number of hydrogen-bond acceptors (Lipinski definition) is 0. The Balaban J connectivity index is 2.24. The van der Waals surface area contributed by atoms with E-state index < -0.39 is 11.6 Å². The van der Waals surface area contributed by atoms with Crippen molar-refractivity contribution in [3.05, 3.63) is 84.4 Å². The maximum absolute atomic E-state index is 14.4. The summed E-state index contributed by atoms with van der Waals surface area (Å²) in [5.41, 5.74) is 1.79. The molecule has 22 heavy (non-hydrogen) atoms. The van der Waals surface area contributed by atoms with Gasteiger partial charge in [0.1, 0.15) is 11.6 Å². The highest BCUT2D eigenvalue weighted by Gasteiger charge is 2.13. The lowest BCUT2D eigenvalue weighted by Gasteiger charge is -2.12. The van der Waals surface area contributed by atoms with Crippen molar-refractivity contribution < 1.29 is 8.78 Å². The van der Waals surface area contributed by atoms with Gasteiger partial charge < -0.3 is 0 Å². The van der Waals surface area contributed by atoms with Crippen molar-refractivity contribution in [2.24, 2.45) is 0 Å². The molecule has 0 N–H and O–H groups in total. The predicted octanol–water partition coefficient (Wildman–Crippen LogP) is 5.94. The normalized spacial score (nSPS) is 11.2. The number of benzene rings is 4. The van der Waals surface area contributed by atoms with Crippen molar-refractivity contribution in [2.75, 3.05) is 0 Å². The molecule has 0 aliphatic rings. The molecule has 0 atom stereocenters. The van der Waals surface area contributed by atoms with Crippen molar-refractivity contribution in [1.82, 2.24) is 0 Å². The minimum Gasteiger partial charge on any atom is -0.207 e. The Morgan fingerprint density at radius 3 is 2.18 bits per heavy atom. The molecule has 0 saturated heterocycles. The van der Waals surface area contributed by atoms with Crippen LogP contribution < -0.4 is 0 Å². The lowest BCUT2D eigenvalue weighted by molar-refractivity contribution is 0.592. The molecule has 0 fully saturated rings. The van der Waals surface area contributed by atoms with E-state index in [2.05, 4.69) is 0 Å². The number of halogens is 2. The van der Waals surface area contributed by atoms with Gasteiger partial charge in [0.25, 0.3) is 0 Å². The molecule has 0 radical (unpaired) electrons. The highest BCUT2D eigenvalue weighted by atomic mass is 19.1. The summed E-state index contributed by atoms with van der Waals surface area (Å²) in [6, 6.07) is 21.6. The topological polar surface area (TPSA) is 0 Å². The van der Waals surface area contributed by atoms with Crippen molar-refractivity contribution >= 4 is 21.5 Å². The molecule has 0 aliphatic heterocycles. The average Bonchev–Trinajstić information content (AvgIpc) is 2.54. The monoisotopic (exact) mass is 290 g/mol. The average molecular weight is 290 g/mol. The molecule has 0 aromatic heterocycles. The Bertz CT molecular complexity index is 989. The molecule has 0 saturated carbocycles. The zero-order valence-electron chi connectivity index (χ0n) is 11.7. The van der Waals surface area contributed by atoms with Crippen LogP contribution in [0, 0.1) is 11.6 Å². The lowest BCUT2D eigenvalue weighted by atomic mass is 9.93. The fourth-order valence-corrected chi connectivity index (χ4v) is 3.00. The standard InChI is InChI=1S/C20H12F2/c21-15-11-18-17(13-6-2-1-3-7-13)10-14-8-4-5-9-16(14)20(18)19(22)12-15/h1-12H. The smallest absolute Gasteiger partial charge is 0.134 e. The van der Waals surface area contributed by atoms with E-state index in [1.807, 2.05) is 60.7 Å². The molecule has 0 bridgehead atoms. The van der Waals surface area contributed by atoms with Gasteiger partial charge in [-0.15, -0.1) is 0 Å². The maximum Gasteiger partial charge on any atom is 0.134 e. The summed E-state index contributed by atoms with van der Waals surface area (Å²) in [4.78, 5) is 0. The highest BCUT2D eigenvalue weighted by Crippen LogP contribution is 2.36. The summed E-state index contributed by atoms with van der Waals surface area (Å²) in [7, 11) is 0. The molecule has 4 aromatic rings. The molecule has 0 aliphatic carbocycles. The van der Waals surface area contributed by atoms with Crippen LogP contribution in [-0.4, -0.2) is 0 Å². The van der Waals surface area contributed by atoms with Crippen LogP contribution >= 0.6 is 0 Å². The number of fused-ring (bicyclic) bond motifs is 3. The van der Waals surface area contributed by atoms with E-state index in [-0.39, 0.29) is 0 Å². The van der Waals surface area contributed by atoms with Gasteiger partial charge in [-0.25, -0.2) is 8.78 Å². The van der Waals surface area contributed by atoms with Crippen molar-refractivity contribution in [1.29, 1.82) is 0 Å². The van der Waals surface area contributed by atoms with Crippen molar-refractivity contribution in [2.45, 2.75) is 0 Å². The third-order valence-corrected chi connectivity index (χ3v) is 3.96. The molecular weight excluding hydrogens is 278 g/mol. The Hall–Kier alpha value is -2.74. The zero-order valence-corrected chi connectivity index (χ0v) is 11.7. The van der Waals surface area contributed by atoms with Crippen LogP contribution in [0.15, 0.2) is 72.8 Å². The summed E-state index contributed by atoms with van der Waals surface area (Å²) < 4.78 is 28.2. The van der Waals surface area contributed by atoms with Crippen LogP contribution in [0.2, 0.25) is 0 Å². The van der Waals surface area contributed by atoms with Crippen LogP contribution in [-0.2, 0) is 0 Å². The second-order valence-electron chi connectivity index (χ2n) is 5.32. The third kappa shape index (κ3) is 1.96. The summed E-state index contributed by atoms with van der Waals surface area (Å²) in [5, 5.41) is 2.81.